The molecule has 0 aliphatic rings. The number of hydrogen-bond donors (Lipinski definition) is 2. The van der Waals surface area contributed by atoms with Gasteiger partial charge in [-0.25, -0.2) is 4.98 Å². The second-order valence-electron chi connectivity index (χ2n) is 4.69. The molecule has 3 nitrogen and oxygen atoms in total. The number of fused-ring (bicyclic) bond motifs is 1. The average Bonchev–Trinajstić information content (AvgIpc) is 2.74. The Morgan fingerprint density at radius 1 is 1.11 bits per heavy atom. The Labute approximate surface area is 116 Å². The summed E-state index contributed by atoms with van der Waals surface area (Å²) in [5, 5.41) is 4.02. The smallest absolute Gasteiger partial charge is 0.205 e. The molecule has 0 atom stereocenters. The highest BCUT2D eigenvalue weighted by molar-refractivity contribution is 6.30. The van der Waals surface area contributed by atoms with E-state index in [1.165, 1.54) is 5.56 Å². The Morgan fingerprint density at radius 3 is 2.74 bits per heavy atom. The van der Waals surface area contributed by atoms with Crippen molar-refractivity contribution in [3.8, 4) is 0 Å². The molecule has 0 amide bonds. The lowest BCUT2D eigenvalue weighted by atomic mass is 10.2. The van der Waals surface area contributed by atoms with E-state index < -0.39 is 0 Å². The minimum atomic E-state index is 0.739. The highest BCUT2D eigenvalue weighted by atomic mass is 35.5. The Balaban J connectivity index is 1.96. The van der Waals surface area contributed by atoms with Crippen LogP contribution in [0.3, 0.4) is 0 Å². The molecule has 0 aliphatic carbocycles. The molecule has 2 aromatic carbocycles. The van der Waals surface area contributed by atoms with E-state index in [0.29, 0.717) is 0 Å². The summed E-state index contributed by atoms with van der Waals surface area (Å²) in [4.78, 5) is 7.78. The lowest BCUT2D eigenvalue weighted by Crippen LogP contribution is -1.94. The molecule has 0 radical (unpaired) electrons. The number of H-pyrrole nitrogens is 1. The highest BCUT2D eigenvalue weighted by Crippen LogP contribution is 2.24. The van der Waals surface area contributed by atoms with Gasteiger partial charge in [-0.3, -0.25) is 0 Å². The maximum atomic E-state index is 5.95. The number of anilines is 2. The van der Waals surface area contributed by atoms with Crippen LogP contribution in [0.5, 0.6) is 0 Å². The van der Waals surface area contributed by atoms with Gasteiger partial charge in [0, 0.05) is 10.7 Å². The Morgan fingerprint density at radius 2 is 1.95 bits per heavy atom. The summed E-state index contributed by atoms with van der Waals surface area (Å²) in [6.45, 7) is 4.08. The minimum Gasteiger partial charge on any atom is -0.326 e. The third-order valence-electron chi connectivity index (χ3n) is 3.08. The van der Waals surface area contributed by atoms with Crippen LogP contribution in [0.15, 0.2) is 36.4 Å². The van der Waals surface area contributed by atoms with Crippen LogP contribution in [0.25, 0.3) is 11.0 Å². The Hall–Kier alpha value is -2.00. The van der Waals surface area contributed by atoms with Crippen LogP contribution >= 0.6 is 11.6 Å². The molecule has 2 N–H and O–H groups in total. The van der Waals surface area contributed by atoms with Crippen molar-refractivity contribution in [1.29, 1.82) is 0 Å². The molecule has 0 spiro atoms. The number of hydrogen-bond acceptors (Lipinski definition) is 2. The van der Waals surface area contributed by atoms with Crippen molar-refractivity contribution in [1.82, 2.24) is 9.97 Å². The molecule has 1 heterocycles. The van der Waals surface area contributed by atoms with Crippen LogP contribution in [-0.2, 0) is 0 Å². The summed E-state index contributed by atoms with van der Waals surface area (Å²) in [5.41, 5.74) is 5.29. The number of rotatable bonds is 2. The number of imidazole rings is 1. The summed E-state index contributed by atoms with van der Waals surface area (Å²) in [6, 6.07) is 11.9. The topological polar surface area (TPSA) is 40.7 Å². The van der Waals surface area contributed by atoms with Crippen molar-refractivity contribution in [2.75, 3.05) is 5.32 Å². The molecular weight excluding hydrogens is 258 g/mol. The summed E-state index contributed by atoms with van der Waals surface area (Å²) >= 11 is 5.95. The second-order valence-corrected chi connectivity index (χ2v) is 5.13. The number of benzene rings is 2. The van der Waals surface area contributed by atoms with Crippen LogP contribution in [0.1, 0.15) is 11.1 Å². The van der Waals surface area contributed by atoms with Crippen LogP contribution < -0.4 is 5.32 Å². The van der Waals surface area contributed by atoms with Gasteiger partial charge >= 0.3 is 0 Å². The van der Waals surface area contributed by atoms with Crippen molar-refractivity contribution in [3.63, 3.8) is 0 Å². The highest BCUT2D eigenvalue weighted by Gasteiger charge is 2.05. The zero-order valence-corrected chi connectivity index (χ0v) is 11.5. The quantitative estimate of drug-likeness (QED) is 0.716. The monoisotopic (exact) mass is 271 g/mol. The fourth-order valence-corrected chi connectivity index (χ4v) is 2.30. The van der Waals surface area contributed by atoms with Crippen molar-refractivity contribution in [2.24, 2.45) is 0 Å². The van der Waals surface area contributed by atoms with E-state index in [1.54, 1.807) is 0 Å². The molecule has 19 heavy (non-hydrogen) atoms. The lowest BCUT2D eigenvalue weighted by Gasteiger charge is -2.06. The molecule has 96 valence electrons. The predicted molar refractivity (Wildman–Crippen MR) is 80.3 cm³/mol. The first-order chi connectivity index (χ1) is 9.11. The van der Waals surface area contributed by atoms with Gasteiger partial charge in [0.05, 0.1) is 11.0 Å². The zero-order chi connectivity index (χ0) is 13.4. The standard InChI is InChI=1S/C15H14ClN3/c1-9-3-5-13-14(7-9)19-15(18-13)17-12-6-4-11(16)8-10(12)2/h3-8H,1-2H3,(H2,17,18,19). The normalized spacial score (nSPS) is 10.9. The van der Waals surface area contributed by atoms with Crippen LogP contribution in [-0.4, -0.2) is 9.97 Å². The van der Waals surface area contributed by atoms with E-state index in [9.17, 15) is 0 Å². The van der Waals surface area contributed by atoms with E-state index in [2.05, 4.69) is 34.3 Å². The summed E-state index contributed by atoms with van der Waals surface area (Å²) in [5.74, 6) is 0.742. The number of aromatic nitrogens is 2. The lowest BCUT2D eigenvalue weighted by molar-refractivity contribution is 1.29. The summed E-state index contributed by atoms with van der Waals surface area (Å²) < 4.78 is 0. The molecule has 0 aliphatic heterocycles. The number of aryl methyl sites for hydroxylation is 2. The minimum absolute atomic E-state index is 0.739. The number of aromatic amines is 1. The van der Waals surface area contributed by atoms with Gasteiger partial charge < -0.3 is 10.3 Å². The number of nitrogens with zero attached hydrogens (tertiary/aromatic N) is 1. The van der Waals surface area contributed by atoms with Crippen molar-refractivity contribution < 1.29 is 0 Å². The van der Waals surface area contributed by atoms with E-state index >= 15 is 0 Å². The third kappa shape index (κ3) is 2.42. The van der Waals surface area contributed by atoms with Gasteiger partial charge in [0.1, 0.15) is 0 Å². The van der Waals surface area contributed by atoms with Crippen LogP contribution in [0.4, 0.5) is 11.6 Å². The fourth-order valence-electron chi connectivity index (χ4n) is 2.08. The summed E-state index contributed by atoms with van der Waals surface area (Å²) in [6.07, 6.45) is 0. The molecule has 0 unspecified atom stereocenters. The maximum Gasteiger partial charge on any atom is 0.205 e. The van der Waals surface area contributed by atoms with Gasteiger partial charge in [-0.2, -0.15) is 0 Å². The van der Waals surface area contributed by atoms with E-state index in [1.807, 2.05) is 31.2 Å². The Bertz CT molecular complexity index is 746. The van der Waals surface area contributed by atoms with Crippen molar-refractivity contribution in [3.05, 3.63) is 52.5 Å². The molecule has 0 bridgehead atoms. The number of nitrogens with one attached hydrogen (secondary N) is 2. The molecule has 1 aromatic heterocycles. The average molecular weight is 272 g/mol. The first-order valence-electron chi connectivity index (χ1n) is 6.11. The van der Waals surface area contributed by atoms with Gasteiger partial charge in [0.15, 0.2) is 0 Å². The molecule has 3 aromatic rings. The molecule has 4 heteroatoms. The van der Waals surface area contributed by atoms with E-state index in [4.69, 9.17) is 11.6 Å². The van der Waals surface area contributed by atoms with Gasteiger partial charge in [0.25, 0.3) is 0 Å². The SMILES string of the molecule is Cc1ccc2nc(Nc3ccc(Cl)cc3C)[nH]c2c1. The first kappa shape index (κ1) is 12.1. The molecule has 0 saturated carbocycles. The number of halogens is 1. The van der Waals surface area contributed by atoms with E-state index in [-0.39, 0.29) is 0 Å². The first-order valence-corrected chi connectivity index (χ1v) is 6.49. The second kappa shape index (κ2) is 4.59. The van der Waals surface area contributed by atoms with Gasteiger partial charge in [0.2, 0.25) is 5.95 Å². The van der Waals surface area contributed by atoms with Gasteiger partial charge in [-0.15, -0.1) is 0 Å². The fraction of sp³-hybridized carbons (Fsp3) is 0.133. The molecular formula is C15H14ClN3. The molecule has 3 rings (SSSR count). The van der Waals surface area contributed by atoms with E-state index in [0.717, 1.165) is 33.3 Å². The maximum absolute atomic E-state index is 5.95. The molecule has 0 saturated heterocycles. The Kier molecular flexibility index (Phi) is 2.91. The van der Waals surface area contributed by atoms with Crippen molar-refractivity contribution >= 4 is 34.3 Å². The largest absolute Gasteiger partial charge is 0.326 e. The van der Waals surface area contributed by atoms with Crippen molar-refractivity contribution in [2.45, 2.75) is 13.8 Å². The zero-order valence-electron chi connectivity index (χ0n) is 10.8. The third-order valence-corrected chi connectivity index (χ3v) is 3.31. The summed E-state index contributed by atoms with van der Waals surface area (Å²) in [7, 11) is 0. The van der Waals surface area contributed by atoms with Crippen LogP contribution in [0, 0.1) is 13.8 Å². The molecule has 0 fully saturated rings. The van der Waals surface area contributed by atoms with Crippen LogP contribution in [0.2, 0.25) is 5.02 Å². The van der Waals surface area contributed by atoms with Gasteiger partial charge in [-0.1, -0.05) is 17.7 Å². The predicted octanol–water partition coefficient (Wildman–Crippen LogP) is 4.58. The van der Waals surface area contributed by atoms with Gasteiger partial charge in [-0.05, 0) is 55.3 Å².